The highest BCUT2D eigenvalue weighted by atomic mass is 16.3. The first-order valence-electron chi connectivity index (χ1n) is 9.11. The van der Waals surface area contributed by atoms with Crippen molar-refractivity contribution in [1.82, 2.24) is 0 Å². The number of para-hydroxylation sites is 1. The van der Waals surface area contributed by atoms with Crippen molar-refractivity contribution in [3.8, 4) is 5.75 Å². The first kappa shape index (κ1) is 16.8. The normalized spacial score (nSPS) is 16.1. The second-order valence-corrected chi connectivity index (χ2v) is 7.13. The minimum absolute atomic E-state index is 0.303. The molecular formula is C22H27NO. The minimum atomic E-state index is 0.303. The molecule has 1 fully saturated rings. The van der Waals surface area contributed by atoms with Crippen LogP contribution in [0.5, 0.6) is 5.75 Å². The lowest BCUT2D eigenvalue weighted by Gasteiger charge is -2.24. The lowest BCUT2D eigenvalue weighted by atomic mass is 9.82. The summed E-state index contributed by atoms with van der Waals surface area (Å²) < 4.78 is 0. The third-order valence-electron chi connectivity index (χ3n) is 5.00. The van der Waals surface area contributed by atoms with Crippen molar-refractivity contribution in [2.24, 2.45) is 4.99 Å². The number of benzene rings is 2. The number of hydrogen-bond donors (Lipinski definition) is 1. The summed E-state index contributed by atoms with van der Waals surface area (Å²) in [4.78, 5) is 4.54. The van der Waals surface area contributed by atoms with Crippen LogP contribution in [0, 0.1) is 0 Å². The van der Waals surface area contributed by atoms with Gasteiger partial charge in [0.1, 0.15) is 5.75 Å². The highest BCUT2D eigenvalue weighted by molar-refractivity contribution is 5.86. The Kier molecular flexibility index (Phi) is 5.34. The topological polar surface area (TPSA) is 32.6 Å². The van der Waals surface area contributed by atoms with Gasteiger partial charge in [0.15, 0.2) is 0 Å². The third-order valence-corrected chi connectivity index (χ3v) is 5.00. The van der Waals surface area contributed by atoms with E-state index in [0.29, 0.717) is 17.6 Å². The van der Waals surface area contributed by atoms with Crippen molar-refractivity contribution in [2.45, 2.75) is 57.8 Å². The van der Waals surface area contributed by atoms with Crippen LogP contribution in [0.2, 0.25) is 0 Å². The van der Waals surface area contributed by atoms with Gasteiger partial charge in [-0.3, -0.25) is 4.99 Å². The van der Waals surface area contributed by atoms with Gasteiger partial charge in [-0.2, -0.15) is 0 Å². The van der Waals surface area contributed by atoms with Crippen molar-refractivity contribution >= 4 is 11.9 Å². The zero-order valence-electron chi connectivity index (χ0n) is 14.7. The predicted octanol–water partition coefficient (Wildman–Crippen LogP) is 6.31. The lowest BCUT2D eigenvalue weighted by molar-refractivity contribution is 0.439. The molecule has 0 bridgehead atoms. The third kappa shape index (κ3) is 3.87. The molecule has 3 rings (SSSR count). The first-order chi connectivity index (χ1) is 11.6. The predicted molar refractivity (Wildman–Crippen MR) is 102 cm³/mol. The highest BCUT2D eigenvalue weighted by Gasteiger charge is 2.19. The van der Waals surface area contributed by atoms with Crippen molar-refractivity contribution in [1.29, 1.82) is 0 Å². The van der Waals surface area contributed by atoms with Gasteiger partial charge in [-0.15, -0.1) is 0 Å². The summed E-state index contributed by atoms with van der Waals surface area (Å²) in [7, 11) is 0. The average Bonchev–Trinajstić information content (AvgIpc) is 2.62. The first-order valence-corrected chi connectivity index (χ1v) is 9.11. The smallest absolute Gasteiger partial charge is 0.127 e. The van der Waals surface area contributed by atoms with Gasteiger partial charge in [0.2, 0.25) is 0 Å². The van der Waals surface area contributed by atoms with Crippen molar-refractivity contribution in [3.63, 3.8) is 0 Å². The molecule has 126 valence electrons. The van der Waals surface area contributed by atoms with Gasteiger partial charge < -0.3 is 5.11 Å². The fourth-order valence-corrected chi connectivity index (χ4v) is 3.57. The molecule has 0 radical (unpaired) electrons. The Morgan fingerprint density at radius 1 is 1.04 bits per heavy atom. The molecule has 0 spiro atoms. The van der Waals surface area contributed by atoms with E-state index < -0.39 is 0 Å². The van der Waals surface area contributed by atoms with Crippen LogP contribution >= 0.6 is 0 Å². The Bertz CT molecular complexity index is 697. The molecule has 0 atom stereocenters. The van der Waals surface area contributed by atoms with E-state index in [2.05, 4.69) is 31.0 Å². The van der Waals surface area contributed by atoms with Crippen LogP contribution in [0.15, 0.2) is 47.5 Å². The summed E-state index contributed by atoms with van der Waals surface area (Å²) in [6, 6.07) is 14.2. The number of phenols is 1. The van der Waals surface area contributed by atoms with Crippen molar-refractivity contribution in [3.05, 3.63) is 59.2 Å². The van der Waals surface area contributed by atoms with Crippen molar-refractivity contribution in [2.75, 3.05) is 0 Å². The molecule has 2 heteroatoms. The van der Waals surface area contributed by atoms with Crippen LogP contribution in [-0.2, 0) is 0 Å². The number of hydrogen-bond acceptors (Lipinski definition) is 2. The zero-order chi connectivity index (χ0) is 16.9. The molecule has 0 unspecified atom stereocenters. The number of nitrogens with zero attached hydrogens (tertiary/aromatic N) is 1. The van der Waals surface area contributed by atoms with Crippen LogP contribution in [0.4, 0.5) is 5.69 Å². The molecule has 0 aliphatic heterocycles. The van der Waals surface area contributed by atoms with Gasteiger partial charge in [0.05, 0.1) is 5.69 Å². The number of aliphatic imine (C=N–C) groups is 1. The number of rotatable bonds is 4. The van der Waals surface area contributed by atoms with Gasteiger partial charge in [0.25, 0.3) is 0 Å². The molecule has 2 aromatic carbocycles. The maximum atomic E-state index is 10.7. The zero-order valence-corrected chi connectivity index (χ0v) is 14.7. The lowest BCUT2D eigenvalue weighted by Crippen LogP contribution is -2.06. The maximum absolute atomic E-state index is 10.7. The van der Waals surface area contributed by atoms with E-state index in [9.17, 15) is 5.11 Å². The molecule has 24 heavy (non-hydrogen) atoms. The molecule has 2 aromatic rings. The fourth-order valence-electron chi connectivity index (χ4n) is 3.57. The van der Waals surface area contributed by atoms with E-state index in [0.717, 1.165) is 16.8 Å². The summed E-state index contributed by atoms with van der Waals surface area (Å²) in [5.74, 6) is 1.31. The molecule has 1 aliphatic carbocycles. The number of phenolic OH excluding ortho intramolecular Hbond substituents is 1. The Labute approximate surface area is 145 Å². The van der Waals surface area contributed by atoms with Crippen molar-refractivity contribution < 1.29 is 5.11 Å². The molecule has 1 N–H and O–H groups in total. The van der Waals surface area contributed by atoms with Gasteiger partial charge in [-0.05, 0) is 54.0 Å². The second kappa shape index (κ2) is 7.65. The SMILES string of the molecule is CC(C)c1cc(C2CCCCC2)cc(C=Nc2ccccc2)c1O. The molecule has 0 aromatic heterocycles. The van der Waals surface area contributed by atoms with Crippen LogP contribution in [-0.4, -0.2) is 11.3 Å². The molecule has 0 saturated heterocycles. The quantitative estimate of drug-likeness (QED) is 0.657. The van der Waals surface area contributed by atoms with E-state index in [1.165, 1.54) is 37.7 Å². The molecule has 1 saturated carbocycles. The summed E-state index contributed by atoms with van der Waals surface area (Å²) in [5, 5.41) is 10.7. The highest BCUT2D eigenvalue weighted by Crippen LogP contribution is 2.38. The standard InChI is InChI=1S/C22H27NO/c1-16(2)21-14-18(17-9-5-3-6-10-17)13-19(22(21)24)15-23-20-11-7-4-8-12-20/h4,7-8,11-17,24H,3,5-6,9-10H2,1-2H3. The van der Waals surface area contributed by atoms with Gasteiger partial charge in [0, 0.05) is 11.8 Å². The van der Waals surface area contributed by atoms with E-state index >= 15 is 0 Å². The summed E-state index contributed by atoms with van der Waals surface area (Å²) >= 11 is 0. The van der Waals surface area contributed by atoms with E-state index in [1.807, 2.05) is 36.5 Å². The van der Waals surface area contributed by atoms with Crippen LogP contribution in [0.25, 0.3) is 0 Å². The van der Waals surface area contributed by atoms with E-state index in [4.69, 9.17) is 0 Å². The van der Waals surface area contributed by atoms with E-state index in [-0.39, 0.29) is 0 Å². The van der Waals surface area contributed by atoms with E-state index in [1.54, 1.807) is 0 Å². The summed E-state index contributed by atoms with van der Waals surface area (Å²) in [5.41, 5.74) is 4.15. The molecule has 2 nitrogen and oxygen atoms in total. The monoisotopic (exact) mass is 321 g/mol. The Hall–Kier alpha value is -2.09. The van der Waals surface area contributed by atoms with Gasteiger partial charge >= 0.3 is 0 Å². The Morgan fingerprint density at radius 2 is 1.75 bits per heavy atom. The Morgan fingerprint density at radius 3 is 2.42 bits per heavy atom. The largest absolute Gasteiger partial charge is 0.507 e. The molecule has 1 aliphatic rings. The summed E-state index contributed by atoms with van der Waals surface area (Å²) in [6.45, 7) is 4.27. The molecule has 0 amide bonds. The Balaban J connectivity index is 1.97. The molecular weight excluding hydrogens is 294 g/mol. The number of aromatic hydroxyl groups is 1. The fraction of sp³-hybridized carbons (Fsp3) is 0.409. The van der Waals surface area contributed by atoms with Gasteiger partial charge in [-0.25, -0.2) is 0 Å². The second-order valence-electron chi connectivity index (χ2n) is 7.13. The van der Waals surface area contributed by atoms with Gasteiger partial charge in [-0.1, -0.05) is 57.4 Å². The minimum Gasteiger partial charge on any atom is -0.507 e. The average molecular weight is 321 g/mol. The maximum Gasteiger partial charge on any atom is 0.127 e. The van der Waals surface area contributed by atoms with Crippen LogP contribution < -0.4 is 0 Å². The van der Waals surface area contributed by atoms with Crippen LogP contribution in [0.1, 0.15) is 74.5 Å². The van der Waals surface area contributed by atoms with Crippen LogP contribution in [0.3, 0.4) is 0 Å². The molecule has 0 heterocycles. The summed E-state index contributed by atoms with van der Waals surface area (Å²) in [6.07, 6.45) is 8.32.